The summed E-state index contributed by atoms with van der Waals surface area (Å²) in [6.07, 6.45) is 12.2. The molecular formula is C16H22ClN3O. The molecule has 1 saturated carbocycles. The van der Waals surface area contributed by atoms with E-state index in [1.807, 2.05) is 30.0 Å². The number of hydrogen-bond donors (Lipinski definition) is 0. The number of carbonyl (C=O) groups excluding carboxylic acids is 1. The van der Waals surface area contributed by atoms with Crippen LogP contribution in [0.25, 0.3) is 0 Å². The lowest BCUT2D eigenvalue weighted by atomic mass is 9.93. The summed E-state index contributed by atoms with van der Waals surface area (Å²) in [6.45, 7) is 3.15. The lowest BCUT2D eigenvalue weighted by Gasteiger charge is -2.25. The molecule has 1 aromatic heterocycles. The second-order valence-corrected chi connectivity index (χ2v) is 5.58. The monoisotopic (exact) mass is 307 g/mol. The molecule has 21 heavy (non-hydrogen) atoms. The third-order valence-corrected chi connectivity index (χ3v) is 4.00. The molecule has 2 rings (SSSR count). The van der Waals surface area contributed by atoms with E-state index in [9.17, 15) is 4.79 Å². The summed E-state index contributed by atoms with van der Waals surface area (Å²) in [7, 11) is 0. The molecule has 0 radical (unpaired) electrons. The summed E-state index contributed by atoms with van der Waals surface area (Å²) in [6, 6.07) is 0.550. The van der Waals surface area contributed by atoms with Gasteiger partial charge in [0.05, 0.1) is 12.2 Å². The van der Waals surface area contributed by atoms with Crippen LogP contribution in [0.3, 0.4) is 0 Å². The van der Waals surface area contributed by atoms with Crippen molar-refractivity contribution < 1.29 is 4.79 Å². The molecule has 0 unspecified atom stereocenters. The van der Waals surface area contributed by atoms with Gasteiger partial charge in [0.15, 0.2) is 0 Å². The van der Waals surface area contributed by atoms with Crippen LogP contribution in [0.4, 0.5) is 0 Å². The predicted molar refractivity (Wildman–Crippen MR) is 84.2 cm³/mol. The fourth-order valence-electron chi connectivity index (χ4n) is 2.33. The molecule has 0 N–H and O–H groups in total. The summed E-state index contributed by atoms with van der Waals surface area (Å²) in [5, 5.41) is 4.41. The maximum atomic E-state index is 11.9. The van der Waals surface area contributed by atoms with Crippen LogP contribution in [-0.2, 0) is 11.3 Å². The topological polar surface area (TPSA) is 38.1 Å². The van der Waals surface area contributed by atoms with Crippen LogP contribution in [0.2, 0.25) is 0 Å². The van der Waals surface area contributed by atoms with Crippen molar-refractivity contribution in [3.05, 3.63) is 35.8 Å². The largest absolute Gasteiger partial charge is 0.337 e. The number of aromatic nitrogens is 2. The highest BCUT2D eigenvalue weighted by atomic mass is 35.5. The molecule has 0 aromatic carbocycles. The molecule has 5 heteroatoms. The van der Waals surface area contributed by atoms with E-state index in [0.29, 0.717) is 19.1 Å². The van der Waals surface area contributed by atoms with Gasteiger partial charge < -0.3 is 4.90 Å². The Bertz CT molecular complexity index is 527. The van der Waals surface area contributed by atoms with Crippen molar-refractivity contribution in [1.29, 1.82) is 0 Å². The van der Waals surface area contributed by atoms with Gasteiger partial charge in [0.2, 0.25) is 5.91 Å². The van der Waals surface area contributed by atoms with Gasteiger partial charge in [-0.05, 0) is 44.8 Å². The van der Waals surface area contributed by atoms with Crippen LogP contribution in [0.15, 0.2) is 30.3 Å². The Kier molecular flexibility index (Phi) is 6.09. The molecule has 0 aliphatic heterocycles. The Hall–Kier alpha value is -1.51. The molecule has 0 atom stereocenters. The molecule has 1 aliphatic rings. The molecule has 1 aromatic rings. The molecule has 1 fully saturated rings. The number of nitrogens with zero attached hydrogens (tertiary/aromatic N) is 3. The normalized spacial score (nSPS) is 14.2. The number of rotatable bonds is 7. The maximum absolute atomic E-state index is 11.9. The van der Waals surface area contributed by atoms with Crippen LogP contribution in [0, 0.1) is 0 Å². The number of halogens is 1. The van der Waals surface area contributed by atoms with Gasteiger partial charge in [-0.15, -0.1) is 17.3 Å². The van der Waals surface area contributed by atoms with E-state index < -0.39 is 0 Å². The van der Waals surface area contributed by atoms with Crippen LogP contribution in [-0.4, -0.2) is 33.0 Å². The fourth-order valence-corrected chi connectivity index (χ4v) is 2.50. The Labute approximate surface area is 131 Å². The highest BCUT2D eigenvalue weighted by Crippen LogP contribution is 2.30. The Morgan fingerprint density at radius 3 is 3.05 bits per heavy atom. The summed E-state index contributed by atoms with van der Waals surface area (Å²) in [4.78, 5) is 13.7. The summed E-state index contributed by atoms with van der Waals surface area (Å²) < 4.78 is 2.03. The average Bonchev–Trinajstić information content (AvgIpc) is 2.87. The number of alkyl halides is 1. The van der Waals surface area contributed by atoms with E-state index in [0.717, 1.165) is 12.0 Å². The zero-order valence-electron chi connectivity index (χ0n) is 12.5. The summed E-state index contributed by atoms with van der Waals surface area (Å²) in [5.41, 5.74) is 4.09. The quantitative estimate of drug-likeness (QED) is 0.572. The Balaban J connectivity index is 1.94. The molecular weight excluding hydrogens is 286 g/mol. The third-order valence-electron chi connectivity index (χ3n) is 3.77. The molecule has 4 nitrogen and oxygen atoms in total. The molecule has 1 heterocycles. The summed E-state index contributed by atoms with van der Waals surface area (Å²) in [5.74, 6) is -0.0219. The maximum Gasteiger partial charge on any atom is 0.237 e. The van der Waals surface area contributed by atoms with Gasteiger partial charge in [0, 0.05) is 24.8 Å². The molecule has 114 valence electrons. The smallest absolute Gasteiger partial charge is 0.237 e. The van der Waals surface area contributed by atoms with Crippen LogP contribution in [0.1, 0.15) is 44.2 Å². The Morgan fingerprint density at radius 1 is 1.62 bits per heavy atom. The number of hydrogen-bond acceptors (Lipinski definition) is 2. The van der Waals surface area contributed by atoms with E-state index in [2.05, 4.69) is 17.0 Å². The van der Waals surface area contributed by atoms with E-state index >= 15 is 0 Å². The predicted octanol–water partition coefficient (Wildman–Crippen LogP) is 3.30. The number of amides is 1. The van der Waals surface area contributed by atoms with Crippen molar-refractivity contribution in [1.82, 2.24) is 14.7 Å². The third kappa shape index (κ3) is 4.48. The minimum atomic E-state index is -0.0399. The van der Waals surface area contributed by atoms with Gasteiger partial charge in [-0.25, -0.2) is 0 Å². The van der Waals surface area contributed by atoms with Crippen LogP contribution in [0.5, 0.6) is 0 Å². The summed E-state index contributed by atoms with van der Waals surface area (Å²) >= 11 is 5.70. The lowest BCUT2D eigenvalue weighted by molar-refractivity contribution is -0.129. The van der Waals surface area contributed by atoms with Crippen molar-refractivity contribution in [3.63, 3.8) is 0 Å². The zero-order valence-corrected chi connectivity index (χ0v) is 13.2. The fraction of sp³-hybridized carbons (Fsp3) is 0.562. The molecule has 0 spiro atoms. The van der Waals surface area contributed by atoms with Crippen molar-refractivity contribution in [2.75, 3.05) is 12.4 Å². The first-order valence-electron chi connectivity index (χ1n) is 7.47. The van der Waals surface area contributed by atoms with Crippen molar-refractivity contribution in [2.24, 2.45) is 0 Å². The van der Waals surface area contributed by atoms with Gasteiger partial charge in [0.25, 0.3) is 0 Å². The number of carbonyl (C=O) groups is 1. The first kappa shape index (κ1) is 15.9. The minimum Gasteiger partial charge on any atom is -0.337 e. The lowest BCUT2D eigenvalue weighted by Crippen LogP contribution is -2.32. The molecule has 1 amide bonds. The zero-order chi connectivity index (χ0) is 15.1. The second kappa shape index (κ2) is 8.06. The van der Waals surface area contributed by atoms with E-state index in [1.54, 1.807) is 4.90 Å². The molecule has 0 bridgehead atoms. The standard InChI is InChI=1S/C16H22ClN3O/c1-2-3-4-5-9-19(16(21)10-17)12-14-11-18-20(13-14)15-7-6-8-15/h2,4,11,13,15H,5-10,12H2,1H3. The van der Waals surface area contributed by atoms with Crippen LogP contribution >= 0.6 is 11.6 Å². The van der Waals surface area contributed by atoms with Gasteiger partial charge >= 0.3 is 0 Å². The SMILES string of the molecule is CC=C=CCCN(Cc1cnn(C2CCC2)c1)C(=O)CCl. The first-order chi connectivity index (χ1) is 10.2. The van der Waals surface area contributed by atoms with Gasteiger partial charge in [-0.1, -0.05) is 0 Å². The van der Waals surface area contributed by atoms with E-state index in [1.165, 1.54) is 19.3 Å². The van der Waals surface area contributed by atoms with Gasteiger partial charge in [0.1, 0.15) is 5.88 Å². The van der Waals surface area contributed by atoms with E-state index in [4.69, 9.17) is 11.6 Å². The van der Waals surface area contributed by atoms with Gasteiger partial charge in [-0.3, -0.25) is 9.48 Å². The second-order valence-electron chi connectivity index (χ2n) is 5.31. The molecule has 1 aliphatic carbocycles. The Morgan fingerprint density at radius 2 is 2.43 bits per heavy atom. The van der Waals surface area contributed by atoms with Crippen molar-refractivity contribution >= 4 is 17.5 Å². The van der Waals surface area contributed by atoms with Gasteiger partial charge in [-0.2, -0.15) is 5.10 Å². The minimum absolute atomic E-state index is 0.0179. The highest BCUT2D eigenvalue weighted by molar-refractivity contribution is 6.27. The van der Waals surface area contributed by atoms with Crippen molar-refractivity contribution in [3.8, 4) is 0 Å². The van der Waals surface area contributed by atoms with Crippen LogP contribution < -0.4 is 0 Å². The first-order valence-corrected chi connectivity index (χ1v) is 8.00. The van der Waals surface area contributed by atoms with E-state index in [-0.39, 0.29) is 11.8 Å². The van der Waals surface area contributed by atoms with Crippen molar-refractivity contribution in [2.45, 2.75) is 45.2 Å². The highest BCUT2D eigenvalue weighted by Gasteiger charge is 2.20. The molecule has 0 saturated heterocycles. The average molecular weight is 308 g/mol.